The third kappa shape index (κ3) is 4.76. The zero-order valence-electron chi connectivity index (χ0n) is 19.1. The van der Waals surface area contributed by atoms with Gasteiger partial charge in [-0.2, -0.15) is 0 Å². The van der Waals surface area contributed by atoms with Crippen molar-refractivity contribution >= 4 is 22.2 Å². The molecule has 0 aliphatic carbocycles. The first-order valence-corrected chi connectivity index (χ1v) is 11.8. The molecule has 0 radical (unpaired) electrons. The molecule has 0 fully saturated rings. The van der Waals surface area contributed by atoms with Crippen LogP contribution in [0, 0.1) is 0 Å². The summed E-state index contributed by atoms with van der Waals surface area (Å²) in [4.78, 5) is 27.5. The SMILES string of the molecule is CC(C)N(Cc1nccn1C)Cc1c(C(=O)N(C)CCc2ccccc2)nc2sccn12. The van der Waals surface area contributed by atoms with Crippen LogP contribution in [0.15, 0.2) is 54.3 Å². The number of carbonyl (C=O) groups excluding carboxylic acids is 1. The summed E-state index contributed by atoms with van der Waals surface area (Å²) in [5.41, 5.74) is 2.69. The minimum absolute atomic E-state index is 0.0347. The number of amides is 1. The second-order valence-corrected chi connectivity index (χ2v) is 9.25. The molecule has 0 unspecified atom stereocenters. The van der Waals surface area contributed by atoms with Gasteiger partial charge in [-0.1, -0.05) is 30.3 Å². The number of fused-ring (bicyclic) bond motifs is 1. The standard InChI is InChI=1S/C24H30N6OS/c1-18(2)29(17-21-25-11-13-27(21)3)16-20-22(26-24-30(20)14-15-32-24)23(31)28(4)12-10-19-8-6-5-7-9-19/h5-9,11,13-15,18H,10,12,16-17H2,1-4H3. The number of benzene rings is 1. The third-order valence-electron chi connectivity index (χ3n) is 5.84. The topological polar surface area (TPSA) is 58.7 Å². The first-order chi connectivity index (χ1) is 15.4. The van der Waals surface area contributed by atoms with Crippen molar-refractivity contribution in [1.29, 1.82) is 0 Å². The van der Waals surface area contributed by atoms with Crippen molar-refractivity contribution in [1.82, 2.24) is 28.7 Å². The number of aryl methyl sites for hydroxylation is 1. The van der Waals surface area contributed by atoms with Crippen LogP contribution in [0.4, 0.5) is 0 Å². The van der Waals surface area contributed by atoms with Gasteiger partial charge in [0.2, 0.25) is 0 Å². The summed E-state index contributed by atoms with van der Waals surface area (Å²) in [6.07, 6.45) is 6.60. The maximum absolute atomic E-state index is 13.4. The molecule has 0 atom stereocenters. The van der Waals surface area contributed by atoms with Gasteiger partial charge in [-0.3, -0.25) is 14.1 Å². The summed E-state index contributed by atoms with van der Waals surface area (Å²) in [7, 11) is 3.87. The van der Waals surface area contributed by atoms with E-state index >= 15 is 0 Å². The largest absolute Gasteiger partial charge is 0.340 e. The summed E-state index contributed by atoms with van der Waals surface area (Å²) in [5.74, 6) is 0.963. The lowest BCUT2D eigenvalue weighted by atomic mass is 10.1. The Labute approximate surface area is 192 Å². The van der Waals surface area contributed by atoms with E-state index in [4.69, 9.17) is 4.98 Å². The first-order valence-electron chi connectivity index (χ1n) is 10.9. The summed E-state index contributed by atoms with van der Waals surface area (Å²) >= 11 is 1.55. The van der Waals surface area contributed by atoms with Crippen LogP contribution in [0.3, 0.4) is 0 Å². The number of thiazole rings is 1. The summed E-state index contributed by atoms with van der Waals surface area (Å²) in [6.45, 7) is 6.31. The fourth-order valence-electron chi connectivity index (χ4n) is 3.72. The van der Waals surface area contributed by atoms with E-state index < -0.39 is 0 Å². The highest BCUT2D eigenvalue weighted by Crippen LogP contribution is 2.22. The first kappa shape index (κ1) is 22.2. The molecule has 4 rings (SSSR count). The van der Waals surface area contributed by atoms with Crippen LogP contribution in [-0.2, 0) is 26.6 Å². The molecular weight excluding hydrogens is 420 g/mol. The molecule has 168 valence electrons. The van der Waals surface area contributed by atoms with Gasteiger partial charge >= 0.3 is 0 Å². The van der Waals surface area contributed by atoms with E-state index in [2.05, 4.69) is 40.3 Å². The van der Waals surface area contributed by atoms with Crippen LogP contribution in [0.5, 0.6) is 0 Å². The number of aromatic nitrogens is 4. The van der Waals surface area contributed by atoms with Crippen molar-refractivity contribution < 1.29 is 4.79 Å². The van der Waals surface area contributed by atoms with E-state index in [0.29, 0.717) is 25.3 Å². The lowest BCUT2D eigenvalue weighted by Crippen LogP contribution is -2.34. The van der Waals surface area contributed by atoms with Gasteiger partial charge in [-0.05, 0) is 25.8 Å². The molecule has 1 aromatic carbocycles. The predicted octanol–water partition coefficient (Wildman–Crippen LogP) is 3.85. The number of imidazole rings is 2. The second-order valence-electron chi connectivity index (χ2n) is 8.38. The monoisotopic (exact) mass is 450 g/mol. The number of hydrogen-bond acceptors (Lipinski definition) is 5. The maximum atomic E-state index is 13.4. The average molecular weight is 451 g/mol. The van der Waals surface area contributed by atoms with Gasteiger partial charge in [0.1, 0.15) is 5.82 Å². The van der Waals surface area contributed by atoms with Crippen molar-refractivity contribution in [2.45, 2.75) is 39.4 Å². The number of hydrogen-bond donors (Lipinski definition) is 0. The van der Waals surface area contributed by atoms with Crippen LogP contribution >= 0.6 is 11.3 Å². The van der Waals surface area contributed by atoms with E-state index in [1.807, 2.05) is 60.8 Å². The number of rotatable bonds is 9. The average Bonchev–Trinajstić information content (AvgIpc) is 3.49. The molecule has 0 aliphatic rings. The second kappa shape index (κ2) is 9.67. The van der Waals surface area contributed by atoms with Crippen molar-refractivity contribution in [2.24, 2.45) is 7.05 Å². The summed E-state index contributed by atoms with van der Waals surface area (Å²) < 4.78 is 4.09. The Morgan fingerprint density at radius 2 is 1.94 bits per heavy atom. The van der Waals surface area contributed by atoms with E-state index in [1.165, 1.54) is 5.56 Å². The molecule has 4 aromatic rings. The van der Waals surface area contributed by atoms with Gasteiger partial charge in [0.15, 0.2) is 10.7 Å². The Hall–Kier alpha value is -2.97. The van der Waals surface area contributed by atoms with Crippen LogP contribution in [0.25, 0.3) is 4.96 Å². The molecule has 32 heavy (non-hydrogen) atoms. The number of carbonyl (C=O) groups is 1. The van der Waals surface area contributed by atoms with Crippen molar-refractivity contribution in [3.8, 4) is 0 Å². The molecule has 0 bridgehead atoms. The highest BCUT2D eigenvalue weighted by molar-refractivity contribution is 7.15. The van der Waals surface area contributed by atoms with Gasteiger partial charge < -0.3 is 9.47 Å². The highest BCUT2D eigenvalue weighted by atomic mass is 32.1. The molecule has 0 aliphatic heterocycles. The lowest BCUT2D eigenvalue weighted by molar-refractivity contribution is 0.0788. The van der Waals surface area contributed by atoms with Crippen molar-refractivity contribution in [3.63, 3.8) is 0 Å². The van der Waals surface area contributed by atoms with Crippen LogP contribution < -0.4 is 0 Å². The zero-order valence-corrected chi connectivity index (χ0v) is 19.9. The van der Waals surface area contributed by atoms with E-state index in [0.717, 1.165) is 22.9 Å². The Morgan fingerprint density at radius 3 is 2.62 bits per heavy atom. The van der Waals surface area contributed by atoms with Crippen molar-refractivity contribution in [2.75, 3.05) is 13.6 Å². The molecule has 8 heteroatoms. The minimum Gasteiger partial charge on any atom is -0.340 e. The molecule has 0 saturated heterocycles. The van der Waals surface area contributed by atoms with Gasteiger partial charge in [-0.25, -0.2) is 9.97 Å². The highest BCUT2D eigenvalue weighted by Gasteiger charge is 2.25. The van der Waals surface area contributed by atoms with E-state index in [9.17, 15) is 4.79 Å². The molecule has 7 nitrogen and oxygen atoms in total. The lowest BCUT2D eigenvalue weighted by Gasteiger charge is -2.26. The van der Waals surface area contributed by atoms with Crippen LogP contribution in [-0.4, -0.2) is 54.3 Å². The normalized spacial score (nSPS) is 11.7. The molecule has 0 N–H and O–H groups in total. The maximum Gasteiger partial charge on any atom is 0.274 e. The molecular formula is C24H30N6OS. The van der Waals surface area contributed by atoms with Crippen LogP contribution in [0.2, 0.25) is 0 Å². The predicted molar refractivity (Wildman–Crippen MR) is 128 cm³/mol. The molecule has 3 aromatic heterocycles. The van der Waals surface area contributed by atoms with Gasteiger partial charge in [0, 0.05) is 57.2 Å². The molecule has 1 amide bonds. The van der Waals surface area contributed by atoms with E-state index in [-0.39, 0.29) is 11.9 Å². The minimum atomic E-state index is -0.0347. The third-order valence-corrected chi connectivity index (χ3v) is 6.59. The van der Waals surface area contributed by atoms with Gasteiger partial charge in [0.25, 0.3) is 5.91 Å². The molecule has 0 saturated carbocycles. The number of likely N-dealkylation sites (N-methyl/N-ethyl adjacent to an activating group) is 1. The molecule has 0 spiro atoms. The van der Waals surface area contributed by atoms with Crippen LogP contribution in [0.1, 0.15) is 41.4 Å². The fourth-order valence-corrected chi connectivity index (χ4v) is 4.46. The van der Waals surface area contributed by atoms with E-state index in [1.54, 1.807) is 16.2 Å². The Morgan fingerprint density at radius 1 is 1.16 bits per heavy atom. The Bertz CT molecular complexity index is 1180. The fraction of sp³-hybridized carbons (Fsp3) is 0.375. The molecule has 3 heterocycles. The van der Waals surface area contributed by atoms with Crippen molar-refractivity contribution in [3.05, 3.63) is 77.1 Å². The Kier molecular flexibility index (Phi) is 6.72. The summed E-state index contributed by atoms with van der Waals surface area (Å²) in [6, 6.07) is 10.5. The summed E-state index contributed by atoms with van der Waals surface area (Å²) in [5, 5.41) is 2.01. The zero-order chi connectivity index (χ0) is 22.7. The number of nitrogens with zero attached hydrogens (tertiary/aromatic N) is 6. The van der Waals surface area contributed by atoms with Gasteiger partial charge in [-0.15, -0.1) is 11.3 Å². The van der Waals surface area contributed by atoms with Gasteiger partial charge in [0.05, 0.1) is 12.2 Å². The Balaban J connectivity index is 1.56. The quantitative estimate of drug-likeness (QED) is 0.389. The smallest absolute Gasteiger partial charge is 0.274 e.